The molecule has 0 radical (unpaired) electrons. The molecular formula is C21H27N2O2+. The van der Waals surface area contributed by atoms with Gasteiger partial charge in [-0.3, -0.25) is 4.79 Å². The Labute approximate surface area is 150 Å². The minimum absolute atomic E-state index is 0.113. The monoisotopic (exact) mass is 339 g/mol. The van der Waals surface area contributed by atoms with E-state index in [1.54, 1.807) is 12.2 Å². The van der Waals surface area contributed by atoms with Crippen molar-refractivity contribution in [2.75, 3.05) is 20.7 Å². The van der Waals surface area contributed by atoms with E-state index in [0.717, 1.165) is 23.4 Å². The molecule has 4 heteroatoms. The smallest absolute Gasteiger partial charge is 0.244 e. The van der Waals surface area contributed by atoms with Crippen molar-refractivity contribution in [2.24, 2.45) is 0 Å². The Balaban J connectivity index is 1.98. The van der Waals surface area contributed by atoms with E-state index < -0.39 is 0 Å². The van der Waals surface area contributed by atoms with E-state index in [2.05, 4.69) is 31.5 Å². The second kappa shape index (κ2) is 9.64. The van der Waals surface area contributed by atoms with Crippen LogP contribution in [0, 0.1) is 0 Å². The summed E-state index contributed by atoms with van der Waals surface area (Å²) in [6, 6.07) is 15.9. The first-order chi connectivity index (χ1) is 12.1. The molecule has 132 valence electrons. The number of carbonyl (C=O) groups is 1. The van der Waals surface area contributed by atoms with Crippen LogP contribution in [0.4, 0.5) is 0 Å². The number of hydrogen-bond acceptors (Lipinski definition) is 2. The average molecular weight is 339 g/mol. The second-order valence-corrected chi connectivity index (χ2v) is 6.17. The van der Waals surface area contributed by atoms with Crippen LogP contribution in [0.15, 0.2) is 54.6 Å². The molecule has 0 atom stereocenters. The maximum absolute atomic E-state index is 12.1. The lowest BCUT2D eigenvalue weighted by molar-refractivity contribution is -0.872. The van der Waals surface area contributed by atoms with Gasteiger partial charge in [-0.05, 0) is 24.6 Å². The summed E-state index contributed by atoms with van der Waals surface area (Å²) in [5.74, 6) is 0.673. The molecule has 0 aromatic heterocycles. The van der Waals surface area contributed by atoms with Crippen molar-refractivity contribution in [3.05, 3.63) is 71.3 Å². The van der Waals surface area contributed by atoms with E-state index >= 15 is 0 Å². The maximum Gasteiger partial charge on any atom is 0.244 e. The van der Waals surface area contributed by atoms with E-state index in [4.69, 9.17) is 4.74 Å². The molecule has 0 unspecified atom stereocenters. The SMILES string of the molecule is CCOc1ccccc1/C=C/C(=O)NCc1ccccc1C[NH+](C)C. The van der Waals surface area contributed by atoms with Crippen molar-refractivity contribution in [2.45, 2.75) is 20.0 Å². The zero-order chi connectivity index (χ0) is 18.1. The van der Waals surface area contributed by atoms with E-state index in [1.165, 1.54) is 10.5 Å². The molecule has 2 N–H and O–H groups in total. The van der Waals surface area contributed by atoms with Crippen LogP contribution in [0.3, 0.4) is 0 Å². The predicted octanol–water partition coefficient (Wildman–Crippen LogP) is 2.06. The summed E-state index contributed by atoms with van der Waals surface area (Å²) in [7, 11) is 4.24. The second-order valence-electron chi connectivity index (χ2n) is 6.17. The van der Waals surface area contributed by atoms with Crippen molar-refractivity contribution >= 4 is 12.0 Å². The van der Waals surface area contributed by atoms with Crippen LogP contribution >= 0.6 is 0 Å². The van der Waals surface area contributed by atoms with Crippen molar-refractivity contribution in [1.29, 1.82) is 0 Å². The number of para-hydroxylation sites is 1. The minimum atomic E-state index is -0.113. The number of quaternary nitrogens is 1. The standard InChI is InChI=1S/C21H26N2O2/c1-4-25-20-12-8-7-9-17(20)13-14-21(24)22-15-18-10-5-6-11-19(18)16-23(2)3/h5-14H,4,15-16H2,1-3H3,(H,22,24)/p+1/b14-13+. The zero-order valence-corrected chi connectivity index (χ0v) is 15.2. The zero-order valence-electron chi connectivity index (χ0n) is 15.2. The molecule has 0 heterocycles. The van der Waals surface area contributed by atoms with Gasteiger partial charge in [0.15, 0.2) is 0 Å². The Morgan fingerprint density at radius 2 is 1.76 bits per heavy atom. The lowest BCUT2D eigenvalue weighted by Gasteiger charge is -2.12. The first kappa shape index (κ1) is 18.7. The molecule has 1 amide bonds. The van der Waals surface area contributed by atoms with Crippen molar-refractivity contribution in [3.63, 3.8) is 0 Å². The third-order valence-electron chi connectivity index (χ3n) is 3.75. The number of hydrogen-bond donors (Lipinski definition) is 2. The summed E-state index contributed by atoms with van der Waals surface area (Å²) >= 11 is 0. The average Bonchev–Trinajstić information content (AvgIpc) is 2.60. The highest BCUT2D eigenvalue weighted by Gasteiger charge is 2.06. The molecule has 25 heavy (non-hydrogen) atoms. The van der Waals surface area contributed by atoms with Crippen molar-refractivity contribution in [1.82, 2.24) is 5.32 Å². The number of ether oxygens (including phenoxy) is 1. The van der Waals surface area contributed by atoms with Gasteiger partial charge in [0.25, 0.3) is 0 Å². The Kier molecular flexibility index (Phi) is 7.23. The van der Waals surface area contributed by atoms with Crippen LogP contribution < -0.4 is 15.0 Å². The topological polar surface area (TPSA) is 42.8 Å². The van der Waals surface area contributed by atoms with Gasteiger partial charge in [-0.2, -0.15) is 0 Å². The molecule has 2 aromatic carbocycles. The highest BCUT2D eigenvalue weighted by Crippen LogP contribution is 2.19. The van der Waals surface area contributed by atoms with Crippen LogP contribution in [0.2, 0.25) is 0 Å². The number of amides is 1. The van der Waals surface area contributed by atoms with Gasteiger partial charge in [-0.1, -0.05) is 42.5 Å². The summed E-state index contributed by atoms with van der Waals surface area (Å²) in [6.07, 6.45) is 3.34. The van der Waals surface area contributed by atoms with Gasteiger partial charge in [-0.25, -0.2) is 0 Å². The van der Waals surface area contributed by atoms with Gasteiger partial charge in [0.2, 0.25) is 5.91 Å². The quantitative estimate of drug-likeness (QED) is 0.723. The van der Waals surface area contributed by atoms with Crippen molar-refractivity contribution in [3.8, 4) is 5.75 Å². The molecule has 2 aromatic rings. The van der Waals surface area contributed by atoms with Crippen molar-refractivity contribution < 1.29 is 14.4 Å². The molecule has 0 aliphatic heterocycles. The molecule has 0 saturated heterocycles. The molecule has 0 aliphatic carbocycles. The Hall–Kier alpha value is -2.59. The third-order valence-corrected chi connectivity index (χ3v) is 3.75. The molecule has 0 saturated carbocycles. The number of nitrogens with one attached hydrogen (secondary N) is 2. The first-order valence-electron chi connectivity index (χ1n) is 8.63. The van der Waals surface area contributed by atoms with Gasteiger partial charge in [0.1, 0.15) is 12.3 Å². The summed E-state index contributed by atoms with van der Waals surface area (Å²) in [4.78, 5) is 13.5. The highest BCUT2D eigenvalue weighted by atomic mass is 16.5. The Bertz CT molecular complexity index is 723. The Morgan fingerprint density at radius 3 is 2.48 bits per heavy atom. The van der Waals surface area contributed by atoms with Crippen LogP contribution in [0.25, 0.3) is 6.08 Å². The van der Waals surface area contributed by atoms with Crippen LogP contribution in [0.1, 0.15) is 23.6 Å². The van der Waals surface area contributed by atoms with Crippen LogP contribution in [-0.4, -0.2) is 26.6 Å². The van der Waals surface area contributed by atoms with Gasteiger partial charge in [0, 0.05) is 23.7 Å². The molecule has 2 rings (SSSR count). The lowest BCUT2D eigenvalue weighted by atomic mass is 10.1. The molecule has 0 spiro atoms. The van der Waals surface area contributed by atoms with E-state index in [9.17, 15) is 4.79 Å². The van der Waals surface area contributed by atoms with E-state index in [1.807, 2.05) is 43.3 Å². The van der Waals surface area contributed by atoms with E-state index in [-0.39, 0.29) is 5.91 Å². The molecular weight excluding hydrogens is 312 g/mol. The summed E-state index contributed by atoms with van der Waals surface area (Å²) in [5.41, 5.74) is 3.31. The van der Waals surface area contributed by atoms with E-state index in [0.29, 0.717) is 13.2 Å². The lowest BCUT2D eigenvalue weighted by Crippen LogP contribution is -3.04. The number of benzene rings is 2. The highest BCUT2D eigenvalue weighted by molar-refractivity contribution is 5.92. The molecule has 0 fully saturated rings. The van der Waals surface area contributed by atoms with Gasteiger partial charge >= 0.3 is 0 Å². The number of carbonyl (C=O) groups excluding carboxylic acids is 1. The predicted molar refractivity (Wildman–Crippen MR) is 101 cm³/mol. The Morgan fingerprint density at radius 1 is 1.08 bits per heavy atom. The summed E-state index contributed by atoms with van der Waals surface area (Å²) < 4.78 is 5.57. The molecule has 0 aliphatic rings. The fraction of sp³-hybridized carbons (Fsp3) is 0.286. The fourth-order valence-electron chi connectivity index (χ4n) is 2.60. The van der Waals surface area contributed by atoms with Gasteiger partial charge in [-0.15, -0.1) is 0 Å². The summed E-state index contributed by atoms with van der Waals surface area (Å²) in [6.45, 7) is 4.01. The normalized spacial score (nSPS) is 11.0. The largest absolute Gasteiger partial charge is 0.493 e. The maximum atomic E-state index is 12.1. The van der Waals surface area contributed by atoms with Gasteiger partial charge in [0.05, 0.1) is 20.7 Å². The number of rotatable bonds is 8. The molecule has 4 nitrogen and oxygen atoms in total. The minimum Gasteiger partial charge on any atom is -0.493 e. The van der Waals surface area contributed by atoms with Crippen LogP contribution in [-0.2, 0) is 17.9 Å². The van der Waals surface area contributed by atoms with Crippen LogP contribution in [0.5, 0.6) is 5.75 Å². The first-order valence-corrected chi connectivity index (χ1v) is 8.63. The fourth-order valence-corrected chi connectivity index (χ4v) is 2.60. The molecule has 0 bridgehead atoms. The third kappa shape index (κ3) is 6.08. The summed E-state index contributed by atoms with van der Waals surface area (Å²) in [5, 5.41) is 2.96. The van der Waals surface area contributed by atoms with Gasteiger partial charge < -0.3 is 15.0 Å².